The molecule has 0 saturated heterocycles. The largest absolute Gasteiger partial charge is 0.493 e. The van der Waals surface area contributed by atoms with Crippen LogP contribution in [0.5, 0.6) is 11.5 Å². The monoisotopic (exact) mass is 331 g/mol. The van der Waals surface area contributed by atoms with Gasteiger partial charge in [0, 0.05) is 7.11 Å². The van der Waals surface area contributed by atoms with Crippen molar-refractivity contribution in [3.63, 3.8) is 0 Å². The van der Waals surface area contributed by atoms with E-state index < -0.39 is 6.23 Å². The Labute approximate surface area is 140 Å². The van der Waals surface area contributed by atoms with Gasteiger partial charge in [-0.3, -0.25) is 0 Å². The molecular formula is C17H21N3O4. The van der Waals surface area contributed by atoms with E-state index in [1.165, 1.54) is 0 Å². The van der Waals surface area contributed by atoms with Gasteiger partial charge in [-0.05, 0) is 30.7 Å². The lowest BCUT2D eigenvalue weighted by molar-refractivity contribution is 0.165. The highest BCUT2D eigenvalue weighted by atomic mass is 16.5. The van der Waals surface area contributed by atoms with Crippen LogP contribution in [0, 0.1) is 0 Å². The van der Waals surface area contributed by atoms with Gasteiger partial charge in [0.1, 0.15) is 6.61 Å². The molecule has 1 aromatic rings. The highest BCUT2D eigenvalue weighted by Crippen LogP contribution is 2.35. The van der Waals surface area contributed by atoms with E-state index in [4.69, 9.17) is 24.7 Å². The molecule has 2 aliphatic rings. The van der Waals surface area contributed by atoms with Gasteiger partial charge in [0.25, 0.3) is 0 Å². The summed E-state index contributed by atoms with van der Waals surface area (Å²) in [6.07, 6.45) is 1.33. The van der Waals surface area contributed by atoms with Crippen molar-refractivity contribution in [1.82, 2.24) is 0 Å². The van der Waals surface area contributed by atoms with Gasteiger partial charge in [0.05, 0.1) is 25.3 Å². The fourth-order valence-corrected chi connectivity index (χ4v) is 2.78. The third-order valence-corrected chi connectivity index (χ3v) is 3.79. The summed E-state index contributed by atoms with van der Waals surface area (Å²) in [6.45, 7) is 2.84. The smallest absolute Gasteiger partial charge is 0.233 e. The van der Waals surface area contributed by atoms with Gasteiger partial charge >= 0.3 is 0 Å². The second-order valence-electron chi connectivity index (χ2n) is 5.38. The molecule has 0 radical (unpaired) electrons. The third-order valence-electron chi connectivity index (χ3n) is 3.79. The summed E-state index contributed by atoms with van der Waals surface area (Å²) in [5, 5.41) is 0. The topological polar surface area (TPSA) is 87.7 Å². The molecule has 128 valence electrons. The van der Waals surface area contributed by atoms with E-state index in [-0.39, 0.29) is 5.92 Å². The number of fused-ring (bicyclic) bond motifs is 1. The predicted octanol–water partition coefficient (Wildman–Crippen LogP) is 1.83. The van der Waals surface area contributed by atoms with Gasteiger partial charge in [-0.2, -0.15) is 0 Å². The summed E-state index contributed by atoms with van der Waals surface area (Å²) in [4.78, 5) is 8.96. The van der Waals surface area contributed by atoms with Gasteiger partial charge in [-0.1, -0.05) is 6.07 Å². The molecule has 2 unspecified atom stereocenters. The van der Waals surface area contributed by atoms with E-state index in [0.717, 1.165) is 11.3 Å². The number of nitrogens with two attached hydrogens (primary N) is 1. The van der Waals surface area contributed by atoms with Crippen LogP contribution in [0.1, 0.15) is 18.4 Å². The van der Waals surface area contributed by atoms with Crippen molar-refractivity contribution in [2.24, 2.45) is 15.7 Å². The van der Waals surface area contributed by atoms with E-state index >= 15 is 0 Å². The quantitative estimate of drug-likeness (QED) is 0.859. The predicted molar refractivity (Wildman–Crippen MR) is 90.8 cm³/mol. The van der Waals surface area contributed by atoms with Gasteiger partial charge in [0.15, 0.2) is 23.2 Å². The molecule has 2 aliphatic heterocycles. The van der Waals surface area contributed by atoms with Crippen LogP contribution in [0.25, 0.3) is 0 Å². The second-order valence-corrected chi connectivity index (χ2v) is 5.38. The Hall–Kier alpha value is -2.54. The average Bonchev–Trinajstić information content (AvgIpc) is 2.97. The third kappa shape index (κ3) is 3.07. The molecule has 0 bridgehead atoms. The lowest BCUT2D eigenvalue weighted by Crippen LogP contribution is -2.31. The van der Waals surface area contributed by atoms with Crippen LogP contribution in [0.3, 0.4) is 0 Å². The molecule has 2 heterocycles. The highest BCUT2D eigenvalue weighted by molar-refractivity contribution is 6.09. The summed E-state index contributed by atoms with van der Waals surface area (Å²) >= 11 is 0. The summed E-state index contributed by atoms with van der Waals surface area (Å²) in [6, 6.07) is 5.79. The molecule has 7 heteroatoms. The van der Waals surface area contributed by atoms with Crippen molar-refractivity contribution in [3.05, 3.63) is 35.7 Å². The molecule has 3 rings (SSSR count). The Kier molecular flexibility index (Phi) is 4.71. The maximum absolute atomic E-state index is 5.91. The molecule has 0 aromatic heterocycles. The van der Waals surface area contributed by atoms with Gasteiger partial charge in [0.2, 0.25) is 6.23 Å². The molecule has 0 saturated carbocycles. The summed E-state index contributed by atoms with van der Waals surface area (Å²) < 4.78 is 21.7. The van der Waals surface area contributed by atoms with Crippen molar-refractivity contribution < 1.29 is 18.9 Å². The SMILES string of the molecule is CCOc1ccc(C2C=C(N)OC3N=C(COC)N=C32)cc1OC. The summed E-state index contributed by atoms with van der Waals surface area (Å²) in [5.74, 6) is 2.17. The molecule has 2 atom stereocenters. The minimum atomic E-state index is -0.497. The number of hydrogen-bond acceptors (Lipinski definition) is 7. The number of ether oxygens (including phenoxy) is 4. The molecule has 2 N–H and O–H groups in total. The molecule has 1 aromatic carbocycles. The standard InChI is InChI=1S/C17H21N3O4/c1-4-23-12-6-5-10(7-13(12)22-3)11-8-14(18)24-17-16(11)19-15(20-17)9-21-2/h5-8,11,17H,4,9,18H2,1-3H3. The first-order valence-corrected chi connectivity index (χ1v) is 7.75. The molecule has 0 fully saturated rings. The number of nitrogens with zero attached hydrogens (tertiary/aromatic N) is 2. The first-order valence-electron chi connectivity index (χ1n) is 7.75. The number of allylic oxidation sites excluding steroid dienone is 1. The zero-order chi connectivity index (χ0) is 17.1. The van der Waals surface area contributed by atoms with Crippen LogP contribution >= 0.6 is 0 Å². The lowest BCUT2D eigenvalue weighted by atomic mass is 9.91. The first-order chi connectivity index (χ1) is 11.7. The number of benzene rings is 1. The highest BCUT2D eigenvalue weighted by Gasteiger charge is 2.35. The fraction of sp³-hybridized carbons (Fsp3) is 0.412. The number of methoxy groups -OCH3 is 2. The minimum Gasteiger partial charge on any atom is -0.493 e. The Morgan fingerprint density at radius 1 is 1.25 bits per heavy atom. The number of aliphatic imine (C=N–C) groups is 2. The maximum Gasteiger partial charge on any atom is 0.233 e. The summed E-state index contributed by atoms with van der Waals surface area (Å²) in [7, 11) is 3.22. The van der Waals surface area contributed by atoms with E-state index in [1.54, 1.807) is 14.2 Å². The maximum atomic E-state index is 5.91. The van der Waals surface area contributed by atoms with E-state index in [9.17, 15) is 0 Å². The molecule has 0 aliphatic carbocycles. The van der Waals surface area contributed by atoms with Crippen LogP contribution in [0.2, 0.25) is 0 Å². The van der Waals surface area contributed by atoms with Crippen molar-refractivity contribution in [2.75, 3.05) is 27.4 Å². The molecule has 0 amide bonds. The normalized spacial score (nSPS) is 22.0. The van der Waals surface area contributed by atoms with E-state index in [1.807, 2.05) is 31.2 Å². The van der Waals surface area contributed by atoms with Gasteiger partial charge < -0.3 is 24.7 Å². The Bertz CT molecular complexity index is 712. The van der Waals surface area contributed by atoms with Crippen LogP contribution in [-0.4, -0.2) is 45.2 Å². The van der Waals surface area contributed by atoms with E-state index in [0.29, 0.717) is 36.4 Å². The Morgan fingerprint density at radius 3 is 2.79 bits per heavy atom. The van der Waals surface area contributed by atoms with Crippen LogP contribution < -0.4 is 15.2 Å². The zero-order valence-corrected chi connectivity index (χ0v) is 14.0. The van der Waals surface area contributed by atoms with Crippen LogP contribution in [-0.2, 0) is 9.47 Å². The van der Waals surface area contributed by atoms with E-state index in [2.05, 4.69) is 9.98 Å². The number of hydrogen-bond donors (Lipinski definition) is 1. The van der Waals surface area contributed by atoms with Crippen molar-refractivity contribution in [3.8, 4) is 11.5 Å². The minimum absolute atomic E-state index is 0.133. The Morgan fingerprint density at radius 2 is 2.08 bits per heavy atom. The van der Waals surface area contributed by atoms with Crippen molar-refractivity contribution >= 4 is 11.5 Å². The number of amidine groups is 1. The molecule has 24 heavy (non-hydrogen) atoms. The Balaban J connectivity index is 1.95. The van der Waals surface area contributed by atoms with Crippen molar-refractivity contribution in [1.29, 1.82) is 0 Å². The lowest BCUT2D eigenvalue weighted by Gasteiger charge is -2.25. The zero-order valence-electron chi connectivity index (χ0n) is 14.0. The second kappa shape index (κ2) is 6.92. The first kappa shape index (κ1) is 16.3. The fourth-order valence-electron chi connectivity index (χ4n) is 2.78. The number of rotatable bonds is 6. The average molecular weight is 331 g/mol. The summed E-state index contributed by atoms with van der Waals surface area (Å²) in [5.41, 5.74) is 7.69. The van der Waals surface area contributed by atoms with Crippen LogP contribution in [0.4, 0.5) is 0 Å². The van der Waals surface area contributed by atoms with Crippen molar-refractivity contribution in [2.45, 2.75) is 19.1 Å². The molecular weight excluding hydrogens is 310 g/mol. The molecule has 7 nitrogen and oxygen atoms in total. The van der Waals surface area contributed by atoms with Gasteiger partial charge in [-0.15, -0.1) is 0 Å². The molecule has 0 spiro atoms. The van der Waals surface area contributed by atoms with Gasteiger partial charge in [-0.25, -0.2) is 9.98 Å². The van der Waals surface area contributed by atoms with Crippen LogP contribution in [0.15, 0.2) is 40.1 Å².